The summed E-state index contributed by atoms with van der Waals surface area (Å²) in [6, 6.07) is 5.41. The molecule has 0 heterocycles. The lowest BCUT2D eigenvalue weighted by Gasteiger charge is -2.15. The molecular formula is C10H10ClF3. The monoisotopic (exact) mass is 222 g/mol. The molecule has 0 radical (unpaired) electrons. The van der Waals surface area contributed by atoms with Gasteiger partial charge in [0.15, 0.2) is 0 Å². The van der Waals surface area contributed by atoms with E-state index >= 15 is 0 Å². The van der Waals surface area contributed by atoms with Crippen LogP contribution in [0, 0.1) is 0 Å². The van der Waals surface area contributed by atoms with Crippen LogP contribution in [-0.4, -0.2) is 0 Å². The van der Waals surface area contributed by atoms with Crippen molar-refractivity contribution in [3.63, 3.8) is 0 Å². The molecule has 0 N–H and O–H groups in total. The van der Waals surface area contributed by atoms with Crippen molar-refractivity contribution in [2.24, 2.45) is 0 Å². The van der Waals surface area contributed by atoms with Gasteiger partial charge in [-0.1, -0.05) is 25.1 Å². The zero-order valence-corrected chi connectivity index (χ0v) is 8.36. The minimum absolute atomic E-state index is 0.157. The maximum absolute atomic E-state index is 12.5. The number of hydrogen-bond acceptors (Lipinski definition) is 0. The van der Waals surface area contributed by atoms with Crippen LogP contribution in [0.2, 0.25) is 0 Å². The van der Waals surface area contributed by atoms with Crippen molar-refractivity contribution in [2.45, 2.75) is 24.9 Å². The molecule has 0 saturated heterocycles. The summed E-state index contributed by atoms with van der Waals surface area (Å²) in [6.07, 6.45) is -3.84. The van der Waals surface area contributed by atoms with Crippen molar-refractivity contribution in [1.82, 2.24) is 0 Å². The summed E-state index contributed by atoms with van der Waals surface area (Å²) in [5, 5.41) is -0.576. The van der Waals surface area contributed by atoms with Crippen molar-refractivity contribution in [2.75, 3.05) is 0 Å². The first kappa shape index (κ1) is 11.4. The van der Waals surface area contributed by atoms with Gasteiger partial charge >= 0.3 is 6.18 Å². The normalized spacial score (nSPS) is 14.1. The third kappa shape index (κ3) is 2.41. The van der Waals surface area contributed by atoms with Crippen LogP contribution in [0.4, 0.5) is 13.2 Å². The lowest BCUT2D eigenvalue weighted by molar-refractivity contribution is -0.138. The Morgan fingerprint density at radius 1 is 1.29 bits per heavy atom. The van der Waals surface area contributed by atoms with Gasteiger partial charge in [-0.05, 0) is 18.1 Å². The summed E-state index contributed by atoms with van der Waals surface area (Å²) in [5.41, 5.74) is -0.481. The van der Waals surface area contributed by atoms with Gasteiger partial charge < -0.3 is 0 Å². The highest BCUT2D eigenvalue weighted by atomic mass is 35.5. The van der Waals surface area contributed by atoms with E-state index in [-0.39, 0.29) is 5.56 Å². The minimum Gasteiger partial charge on any atom is -0.166 e. The molecule has 0 nitrogen and oxygen atoms in total. The first-order valence-corrected chi connectivity index (χ1v) is 4.70. The van der Waals surface area contributed by atoms with Crippen LogP contribution in [0.3, 0.4) is 0 Å². The van der Waals surface area contributed by atoms with Crippen LogP contribution in [0.1, 0.15) is 29.8 Å². The molecule has 1 aromatic rings. The van der Waals surface area contributed by atoms with Crippen molar-refractivity contribution in [3.8, 4) is 0 Å². The van der Waals surface area contributed by atoms with Gasteiger partial charge in [-0.15, -0.1) is 11.6 Å². The van der Waals surface area contributed by atoms with Gasteiger partial charge in [0.1, 0.15) is 0 Å². The molecule has 14 heavy (non-hydrogen) atoms. The van der Waals surface area contributed by atoms with Crippen molar-refractivity contribution in [1.29, 1.82) is 0 Å². The third-order valence-electron chi connectivity index (χ3n) is 1.96. The van der Waals surface area contributed by atoms with Gasteiger partial charge in [0.2, 0.25) is 0 Å². The number of benzene rings is 1. The summed E-state index contributed by atoms with van der Waals surface area (Å²) in [4.78, 5) is 0. The van der Waals surface area contributed by atoms with E-state index in [1.807, 2.05) is 0 Å². The molecule has 1 atom stereocenters. The molecule has 0 aliphatic rings. The largest absolute Gasteiger partial charge is 0.416 e. The van der Waals surface area contributed by atoms with Crippen LogP contribution < -0.4 is 0 Å². The second-order valence-electron chi connectivity index (χ2n) is 2.96. The van der Waals surface area contributed by atoms with Gasteiger partial charge in [0.25, 0.3) is 0 Å². The van der Waals surface area contributed by atoms with E-state index in [1.165, 1.54) is 12.1 Å². The fraction of sp³-hybridized carbons (Fsp3) is 0.400. The number of alkyl halides is 4. The first-order chi connectivity index (χ1) is 6.46. The van der Waals surface area contributed by atoms with E-state index in [2.05, 4.69) is 0 Å². The SMILES string of the molecule is CCC(Cl)c1ccccc1C(F)(F)F. The number of rotatable bonds is 2. The van der Waals surface area contributed by atoms with E-state index in [9.17, 15) is 13.2 Å². The molecule has 4 heteroatoms. The lowest BCUT2D eigenvalue weighted by atomic mass is 10.0. The molecule has 1 rings (SSSR count). The topological polar surface area (TPSA) is 0 Å². The lowest BCUT2D eigenvalue weighted by Crippen LogP contribution is -2.09. The Bertz CT molecular complexity index is 306. The highest BCUT2D eigenvalue weighted by molar-refractivity contribution is 6.20. The second kappa shape index (κ2) is 4.22. The molecule has 78 valence electrons. The van der Waals surface area contributed by atoms with Gasteiger partial charge in [-0.2, -0.15) is 13.2 Å². The molecule has 0 spiro atoms. The molecule has 0 bridgehead atoms. The molecule has 0 saturated carbocycles. The molecule has 0 amide bonds. The van der Waals surface area contributed by atoms with Gasteiger partial charge in [0, 0.05) is 0 Å². The third-order valence-corrected chi connectivity index (χ3v) is 2.51. The molecule has 0 aliphatic heterocycles. The van der Waals surface area contributed by atoms with Gasteiger partial charge in [-0.25, -0.2) is 0 Å². The van der Waals surface area contributed by atoms with Crippen molar-refractivity contribution in [3.05, 3.63) is 35.4 Å². The Hall–Kier alpha value is -0.700. The molecule has 0 aromatic heterocycles. The average Bonchev–Trinajstić information content (AvgIpc) is 2.15. The highest BCUT2D eigenvalue weighted by Gasteiger charge is 2.34. The molecule has 0 fully saturated rings. The van der Waals surface area contributed by atoms with Gasteiger partial charge in [0.05, 0.1) is 10.9 Å². The summed E-state index contributed by atoms with van der Waals surface area (Å²) in [5.74, 6) is 0. The van der Waals surface area contributed by atoms with Crippen molar-refractivity contribution < 1.29 is 13.2 Å². The maximum Gasteiger partial charge on any atom is 0.416 e. The highest BCUT2D eigenvalue weighted by Crippen LogP contribution is 2.37. The standard InChI is InChI=1S/C10H10ClF3/c1-2-9(11)7-5-3-4-6-8(7)10(12,13)14/h3-6,9H,2H2,1H3. The number of halogens is 4. The first-order valence-electron chi connectivity index (χ1n) is 4.27. The Labute approximate surface area is 85.7 Å². The second-order valence-corrected chi connectivity index (χ2v) is 3.49. The molecule has 1 aromatic carbocycles. The van der Waals surface area contributed by atoms with Crippen molar-refractivity contribution >= 4 is 11.6 Å². The number of hydrogen-bond donors (Lipinski definition) is 0. The zero-order valence-electron chi connectivity index (χ0n) is 7.61. The van der Waals surface area contributed by atoms with E-state index < -0.39 is 17.1 Å². The fourth-order valence-electron chi connectivity index (χ4n) is 1.25. The van der Waals surface area contributed by atoms with Crippen LogP contribution in [0.15, 0.2) is 24.3 Å². The summed E-state index contributed by atoms with van der Waals surface area (Å²) in [6.45, 7) is 1.75. The molecule has 1 unspecified atom stereocenters. The predicted octanol–water partition coefficient (Wildman–Crippen LogP) is 4.40. The maximum atomic E-state index is 12.5. The van der Waals surface area contributed by atoms with Crippen LogP contribution >= 0.6 is 11.6 Å². The minimum atomic E-state index is -4.32. The summed E-state index contributed by atoms with van der Waals surface area (Å²) in [7, 11) is 0. The van der Waals surface area contributed by atoms with E-state index in [4.69, 9.17) is 11.6 Å². The Kier molecular flexibility index (Phi) is 3.43. The Morgan fingerprint density at radius 3 is 2.36 bits per heavy atom. The van der Waals surface area contributed by atoms with Crippen LogP contribution in [0.5, 0.6) is 0 Å². The van der Waals surface area contributed by atoms with E-state index in [0.717, 1.165) is 6.07 Å². The summed E-state index contributed by atoms with van der Waals surface area (Å²) >= 11 is 5.80. The van der Waals surface area contributed by atoms with Gasteiger partial charge in [-0.3, -0.25) is 0 Å². The average molecular weight is 223 g/mol. The van der Waals surface area contributed by atoms with Crippen LogP contribution in [0.25, 0.3) is 0 Å². The Balaban J connectivity index is 3.16. The Morgan fingerprint density at radius 2 is 1.86 bits per heavy atom. The van der Waals surface area contributed by atoms with E-state index in [0.29, 0.717) is 6.42 Å². The van der Waals surface area contributed by atoms with Crippen LogP contribution in [-0.2, 0) is 6.18 Å². The molecule has 0 aliphatic carbocycles. The van der Waals surface area contributed by atoms with E-state index in [1.54, 1.807) is 13.0 Å². The zero-order chi connectivity index (χ0) is 10.8. The smallest absolute Gasteiger partial charge is 0.166 e. The predicted molar refractivity (Wildman–Crippen MR) is 50.3 cm³/mol. The fourth-order valence-corrected chi connectivity index (χ4v) is 1.44. The molecular weight excluding hydrogens is 213 g/mol. The quantitative estimate of drug-likeness (QED) is 0.651. The summed E-state index contributed by atoms with van der Waals surface area (Å²) < 4.78 is 37.5.